The van der Waals surface area contributed by atoms with Crippen LogP contribution < -0.4 is 10.2 Å². The Morgan fingerprint density at radius 3 is 2.46 bits per heavy atom. The molecule has 1 aliphatic heterocycles. The van der Waals surface area contributed by atoms with E-state index in [1.165, 1.54) is 6.92 Å². The average Bonchev–Trinajstić information content (AvgIpc) is 2.53. The van der Waals surface area contributed by atoms with Gasteiger partial charge in [0.2, 0.25) is 0 Å². The Kier molecular flexibility index (Phi) is 5.51. The van der Waals surface area contributed by atoms with Crippen LogP contribution in [0.5, 0.6) is 0 Å². The van der Waals surface area contributed by atoms with Crippen molar-refractivity contribution in [2.75, 3.05) is 31.1 Å². The molecule has 2 rings (SSSR count). The van der Waals surface area contributed by atoms with E-state index in [1.54, 1.807) is 9.80 Å². The highest BCUT2D eigenvalue weighted by atomic mass is 19.4. The van der Waals surface area contributed by atoms with Crippen molar-refractivity contribution in [2.24, 2.45) is 0 Å². The van der Waals surface area contributed by atoms with Crippen LogP contribution in [0.3, 0.4) is 0 Å². The number of hydrogen-bond acceptors (Lipinski definition) is 4. The van der Waals surface area contributed by atoms with E-state index in [4.69, 9.17) is 0 Å². The summed E-state index contributed by atoms with van der Waals surface area (Å²) in [5, 5.41) is 2.89. The Bertz CT molecular complexity index is 585. The minimum Gasteiger partial charge on any atom is -0.353 e. The number of aromatic nitrogens is 2. The number of nitrogens with one attached hydrogen (secondary N) is 1. The average molecular weight is 345 g/mol. The molecule has 1 atom stereocenters. The molecule has 2 amide bonds. The summed E-state index contributed by atoms with van der Waals surface area (Å²) in [5.41, 5.74) is -0.943. The highest BCUT2D eigenvalue weighted by Crippen LogP contribution is 2.29. The fourth-order valence-corrected chi connectivity index (χ4v) is 2.40. The van der Waals surface area contributed by atoms with Crippen LogP contribution >= 0.6 is 0 Å². The Balaban J connectivity index is 2.02. The summed E-state index contributed by atoms with van der Waals surface area (Å²) in [6.45, 7) is 7.09. The number of aryl methyl sites for hydroxylation is 1. The highest BCUT2D eigenvalue weighted by molar-refractivity contribution is 5.74. The molecule has 0 unspecified atom stereocenters. The summed E-state index contributed by atoms with van der Waals surface area (Å²) in [6, 6.07) is 0.912. The van der Waals surface area contributed by atoms with Gasteiger partial charge in [-0.25, -0.2) is 14.8 Å². The normalized spacial score (nSPS) is 16.9. The molecule has 0 spiro atoms. The van der Waals surface area contributed by atoms with Gasteiger partial charge >= 0.3 is 12.2 Å². The van der Waals surface area contributed by atoms with E-state index < -0.39 is 11.9 Å². The fourth-order valence-electron chi connectivity index (χ4n) is 2.40. The molecule has 1 aliphatic rings. The van der Waals surface area contributed by atoms with Gasteiger partial charge < -0.3 is 15.1 Å². The van der Waals surface area contributed by atoms with Crippen molar-refractivity contribution in [1.82, 2.24) is 20.2 Å². The van der Waals surface area contributed by atoms with Crippen molar-refractivity contribution < 1.29 is 18.0 Å². The molecule has 0 aliphatic carbocycles. The molecule has 1 aromatic rings. The van der Waals surface area contributed by atoms with Gasteiger partial charge in [0.25, 0.3) is 0 Å². The lowest BCUT2D eigenvalue weighted by molar-refractivity contribution is -0.141. The van der Waals surface area contributed by atoms with Crippen LogP contribution in [0.1, 0.15) is 31.8 Å². The maximum Gasteiger partial charge on any atom is 0.433 e. The van der Waals surface area contributed by atoms with E-state index in [0.717, 1.165) is 12.5 Å². The van der Waals surface area contributed by atoms with E-state index >= 15 is 0 Å². The van der Waals surface area contributed by atoms with Gasteiger partial charge in [0.05, 0.1) is 0 Å². The first-order chi connectivity index (χ1) is 11.2. The molecule has 1 saturated heterocycles. The fraction of sp³-hybridized carbons (Fsp3) is 0.667. The topological polar surface area (TPSA) is 61.4 Å². The third-order valence-corrected chi connectivity index (χ3v) is 3.99. The van der Waals surface area contributed by atoms with Crippen LogP contribution in [-0.2, 0) is 6.18 Å². The summed E-state index contributed by atoms with van der Waals surface area (Å²) in [6.07, 6.45) is -3.66. The number of anilines is 1. The molecule has 6 nitrogen and oxygen atoms in total. The number of piperazine rings is 1. The molecular weight excluding hydrogens is 323 g/mol. The summed E-state index contributed by atoms with van der Waals surface area (Å²) in [5.74, 6) is 0.327. The molecular formula is C15H22F3N5O. The van der Waals surface area contributed by atoms with Crippen molar-refractivity contribution in [3.8, 4) is 0 Å². The number of carbonyl (C=O) groups is 1. The molecule has 0 saturated carbocycles. The van der Waals surface area contributed by atoms with Crippen LogP contribution in [0.15, 0.2) is 6.07 Å². The summed E-state index contributed by atoms with van der Waals surface area (Å²) >= 11 is 0. The molecule has 1 fully saturated rings. The van der Waals surface area contributed by atoms with E-state index in [1.807, 2.05) is 13.8 Å². The van der Waals surface area contributed by atoms with Crippen LogP contribution in [0.2, 0.25) is 0 Å². The number of urea groups is 1. The lowest BCUT2D eigenvalue weighted by atomic mass is 10.2. The second-order valence-corrected chi connectivity index (χ2v) is 5.89. The quantitative estimate of drug-likeness (QED) is 0.914. The minimum atomic E-state index is -4.50. The van der Waals surface area contributed by atoms with Gasteiger partial charge in [-0.3, -0.25) is 0 Å². The van der Waals surface area contributed by atoms with Crippen LogP contribution in [0.25, 0.3) is 0 Å². The van der Waals surface area contributed by atoms with E-state index in [0.29, 0.717) is 26.2 Å². The van der Waals surface area contributed by atoms with Crippen LogP contribution in [-0.4, -0.2) is 53.1 Å². The maximum absolute atomic E-state index is 12.9. The van der Waals surface area contributed by atoms with Crippen molar-refractivity contribution in [3.05, 3.63) is 17.6 Å². The zero-order chi connectivity index (χ0) is 17.9. The molecule has 24 heavy (non-hydrogen) atoms. The molecule has 134 valence electrons. The number of carbonyl (C=O) groups excluding carboxylic acids is 1. The number of nitrogens with zero attached hydrogens (tertiary/aromatic N) is 4. The Morgan fingerprint density at radius 1 is 1.29 bits per heavy atom. The van der Waals surface area contributed by atoms with Crippen molar-refractivity contribution in [1.29, 1.82) is 0 Å². The number of hydrogen-bond donors (Lipinski definition) is 1. The van der Waals surface area contributed by atoms with Gasteiger partial charge in [-0.05, 0) is 20.3 Å². The predicted octanol–water partition coefficient (Wildman–Crippen LogP) is 2.43. The van der Waals surface area contributed by atoms with Gasteiger partial charge in [-0.1, -0.05) is 6.92 Å². The maximum atomic E-state index is 12.9. The first kappa shape index (κ1) is 18.3. The Labute approximate surface area is 139 Å². The SMILES string of the molecule is CC[C@H](C)NC(=O)N1CCN(c2cc(C(F)(F)F)nc(C)n2)CC1. The van der Waals surface area contributed by atoms with Gasteiger partial charge in [0.15, 0.2) is 0 Å². The third-order valence-electron chi connectivity index (χ3n) is 3.99. The molecule has 0 aromatic carbocycles. The lowest BCUT2D eigenvalue weighted by Crippen LogP contribution is -2.53. The molecule has 9 heteroatoms. The zero-order valence-corrected chi connectivity index (χ0v) is 14.0. The molecule has 2 heterocycles. The molecule has 1 N–H and O–H groups in total. The minimum absolute atomic E-state index is 0.0803. The van der Waals surface area contributed by atoms with E-state index in [2.05, 4.69) is 15.3 Å². The summed E-state index contributed by atoms with van der Waals surface area (Å²) in [4.78, 5) is 23.0. The second kappa shape index (κ2) is 7.23. The lowest BCUT2D eigenvalue weighted by Gasteiger charge is -2.36. The number of alkyl halides is 3. The number of rotatable bonds is 3. The Morgan fingerprint density at radius 2 is 1.92 bits per heavy atom. The van der Waals surface area contributed by atoms with E-state index in [9.17, 15) is 18.0 Å². The zero-order valence-electron chi connectivity index (χ0n) is 14.0. The monoisotopic (exact) mass is 345 g/mol. The smallest absolute Gasteiger partial charge is 0.353 e. The first-order valence-electron chi connectivity index (χ1n) is 7.94. The van der Waals surface area contributed by atoms with Gasteiger partial charge in [-0.15, -0.1) is 0 Å². The van der Waals surface area contributed by atoms with Gasteiger partial charge in [0, 0.05) is 38.3 Å². The van der Waals surface area contributed by atoms with Crippen molar-refractivity contribution >= 4 is 11.8 Å². The predicted molar refractivity (Wildman–Crippen MR) is 83.8 cm³/mol. The number of halogens is 3. The first-order valence-corrected chi connectivity index (χ1v) is 7.94. The summed E-state index contributed by atoms with van der Waals surface area (Å²) in [7, 11) is 0. The van der Waals surface area contributed by atoms with Crippen LogP contribution in [0, 0.1) is 6.92 Å². The Hall–Kier alpha value is -2.06. The van der Waals surface area contributed by atoms with Crippen molar-refractivity contribution in [2.45, 2.75) is 39.4 Å². The van der Waals surface area contributed by atoms with Gasteiger partial charge in [-0.2, -0.15) is 13.2 Å². The van der Waals surface area contributed by atoms with E-state index in [-0.39, 0.29) is 23.7 Å². The largest absolute Gasteiger partial charge is 0.433 e. The summed E-state index contributed by atoms with van der Waals surface area (Å²) < 4.78 is 38.6. The highest BCUT2D eigenvalue weighted by Gasteiger charge is 2.34. The molecule has 1 aromatic heterocycles. The third kappa shape index (κ3) is 4.48. The number of amides is 2. The molecule has 0 radical (unpaired) electrons. The van der Waals surface area contributed by atoms with Crippen LogP contribution in [0.4, 0.5) is 23.8 Å². The van der Waals surface area contributed by atoms with Gasteiger partial charge in [0.1, 0.15) is 17.3 Å². The van der Waals surface area contributed by atoms with Crippen molar-refractivity contribution in [3.63, 3.8) is 0 Å². The second-order valence-electron chi connectivity index (χ2n) is 5.89. The molecule has 0 bridgehead atoms. The standard InChI is InChI=1S/C15H22F3N5O/c1-4-10(2)19-14(24)23-7-5-22(6-8-23)13-9-12(15(16,17)18)20-11(3)21-13/h9-10H,4-8H2,1-3H3,(H,19,24)/t10-/m0/s1.